The van der Waals surface area contributed by atoms with Crippen molar-refractivity contribution < 1.29 is 18.9 Å². The van der Waals surface area contributed by atoms with Crippen LogP contribution in [0.1, 0.15) is 36.8 Å². The zero-order valence-electron chi connectivity index (χ0n) is 23.0. The standard InChI is InChI=1S/C32H25N3O6S/c1-4-40-31(37)28-19(3)33-32-34(29(28)23-11-7-9-20-8-5-6-10-22(20)23)30(36)27(42-32)17-21-13-15-26(41-21)24-14-12-18(2)16-25(24)35(38)39/h5-17,29H,4H2,1-3H3/b27-17-/t29-/m1/s1. The summed E-state index contributed by atoms with van der Waals surface area (Å²) in [6, 6.07) is 21.1. The Bertz CT molecular complexity index is 2110. The van der Waals surface area contributed by atoms with E-state index in [0.29, 0.717) is 37.7 Å². The van der Waals surface area contributed by atoms with Gasteiger partial charge in [-0.2, -0.15) is 0 Å². The van der Waals surface area contributed by atoms with Gasteiger partial charge in [0, 0.05) is 12.1 Å². The molecule has 0 saturated carbocycles. The van der Waals surface area contributed by atoms with E-state index in [1.807, 2.05) is 42.5 Å². The van der Waals surface area contributed by atoms with Gasteiger partial charge in [-0.1, -0.05) is 59.9 Å². The van der Waals surface area contributed by atoms with Crippen molar-refractivity contribution in [2.24, 2.45) is 4.99 Å². The van der Waals surface area contributed by atoms with Crippen LogP contribution in [0, 0.1) is 17.0 Å². The maximum absolute atomic E-state index is 14.0. The zero-order chi connectivity index (χ0) is 29.5. The lowest BCUT2D eigenvalue weighted by molar-refractivity contribution is -0.384. The van der Waals surface area contributed by atoms with Crippen LogP contribution in [-0.4, -0.2) is 22.1 Å². The molecule has 0 unspecified atom stereocenters. The maximum Gasteiger partial charge on any atom is 0.338 e. The summed E-state index contributed by atoms with van der Waals surface area (Å²) in [7, 11) is 0. The summed E-state index contributed by atoms with van der Waals surface area (Å²) in [6.45, 7) is 5.44. The van der Waals surface area contributed by atoms with Crippen molar-refractivity contribution in [2.45, 2.75) is 26.8 Å². The molecule has 1 aliphatic rings. The van der Waals surface area contributed by atoms with E-state index < -0.39 is 16.9 Å². The fourth-order valence-corrected chi connectivity index (χ4v) is 6.31. The number of ether oxygens (including phenoxy) is 1. The van der Waals surface area contributed by atoms with Gasteiger partial charge in [0.2, 0.25) is 0 Å². The molecule has 3 aromatic carbocycles. The van der Waals surface area contributed by atoms with Crippen LogP contribution in [0.5, 0.6) is 0 Å². The molecule has 0 N–H and O–H groups in total. The van der Waals surface area contributed by atoms with Crippen LogP contribution < -0.4 is 14.9 Å². The summed E-state index contributed by atoms with van der Waals surface area (Å²) in [6.07, 6.45) is 1.59. The number of aryl methyl sites for hydroxylation is 1. The summed E-state index contributed by atoms with van der Waals surface area (Å²) >= 11 is 1.18. The normalized spacial score (nSPS) is 15.0. The van der Waals surface area contributed by atoms with E-state index in [9.17, 15) is 19.7 Å². The molecule has 1 atom stereocenters. The van der Waals surface area contributed by atoms with Gasteiger partial charge in [-0.3, -0.25) is 19.5 Å². The van der Waals surface area contributed by atoms with Gasteiger partial charge < -0.3 is 9.15 Å². The first-order valence-electron chi connectivity index (χ1n) is 13.3. The van der Waals surface area contributed by atoms with E-state index >= 15 is 0 Å². The number of nitro benzene ring substituents is 1. The van der Waals surface area contributed by atoms with Crippen LogP contribution in [-0.2, 0) is 9.53 Å². The van der Waals surface area contributed by atoms with E-state index in [2.05, 4.69) is 4.99 Å². The summed E-state index contributed by atoms with van der Waals surface area (Å²) in [5.74, 6) is 0.143. The zero-order valence-corrected chi connectivity index (χ0v) is 23.8. The first kappa shape index (κ1) is 27.1. The highest BCUT2D eigenvalue weighted by Gasteiger charge is 2.34. The number of aromatic nitrogens is 1. The fourth-order valence-electron chi connectivity index (χ4n) is 5.28. The minimum Gasteiger partial charge on any atom is -0.463 e. The number of hydrogen-bond donors (Lipinski definition) is 0. The van der Waals surface area contributed by atoms with Crippen molar-refractivity contribution in [2.75, 3.05) is 6.61 Å². The molecule has 0 spiro atoms. The molecule has 2 aromatic heterocycles. The molecule has 0 fully saturated rings. The van der Waals surface area contributed by atoms with Gasteiger partial charge in [-0.25, -0.2) is 9.79 Å². The van der Waals surface area contributed by atoms with Gasteiger partial charge in [0.05, 0.1) is 38.9 Å². The number of carbonyl (C=O) groups is 1. The molecule has 0 aliphatic carbocycles. The number of benzene rings is 3. The maximum atomic E-state index is 14.0. The quantitative estimate of drug-likeness (QED) is 0.151. The van der Waals surface area contributed by atoms with Gasteiger partial charge in [0.25, 0.3) is 11.2 Å². The number of allylic oxidation sites excluding steroid dienone is 1. The van der Waals surface area contributed by atoms with Crippen LogP contribution in [0.25, 0.3) is 28.2 Å². The number of hydrogen-bond acceptors (Lipinski definition) is 8. The minimum absolute atomic E-state index is 0.0627. The monoisotopic (exact) mass is 579 g/mol. The third-order valence-electron chi connectivity index (χ3n) is 7.15. The molecule has 5 aromatic rings. The first-order valence-corrected chi connectivity index (χ1v) is 14.1. The Hall–Kier alpha value is -5.09. The molecule has 210 valence electrons. The van der Waals surface area contributed by atoms with Gasteiger partial charge >= 0.3 is 5.97 Å². The van der Waals surface area contributed by atoms with Gasteiger partial charge in [-0.15, -0.1) is 0 Å². The number of rotatable bonds is 6. The number of furan rings is 1. The minimum atomic E-state index is -0.754. The fraction of sp³-hybridized carbons (Fsp3) is 0.156. The summed E-state index contributed by atoms with van der Waals surface area (Å²) in [4.78, 5) is 43.5. The summed E-state index contributed by atoms with van der Waals surface area (Å²) in [5, 5.41) is 13.5. The Labute approximate surface area is 243 Å². The van der Waals surface area contributed by atoms with Crippen LogP contribution in [0.15, 0.2) is 98.3 Å². The Balaban J connectivity index is 1.52. The van der Waals surface area contributed by atoms with Crippen molar-refractivity contribution in [1.29, 1.82) is 0 Å². The molecule has 0 saturated heterocycles. The predicted octanol–water partition coefficient (Wildman–Crippen LogP) is 5.43. The van der Waals surface area contributed by atoms with Crippen LogP contribution in [0.3, 0.4) is 0 Å². The van der Waals surface area contributed by atoms with Gasteiger partial charge in [0.1, 0.15) is 11.5 Å². The second-order valence-electron chi connectivity index (χ2n) is 9.85. The summed E-state index contributed by atoms with van der Waals surface area (Å²) in [5.41, 5.74) is 2.27. The number of esters is 1. The number of fused-ring (bicyclic) bond motifs is 2. The molecule has 42 heavy (non-hydrogen) atoms. The molecule has 6 rings (SSSR count). The van der Waals surface area contributed by atoms with Crippen molar-refractivity contribution in [3.63, 3.8) is 0 Å². The molecule has 10 heteroatoms. The molecule has 9 nitrogen and oxygen atoms in total. The predicted molar refractivity (Wildman–Crippen MR) is 160 cm³/mol. The molecule has 0 bridgehead atoms. The second kappa shape index (κ2) is 10.7. The average molecular weight is 580 g/mol. The van der Waals surface area contributed by atoms with Crippen LogP contribution in [0.4, 0.5) is 5.69 Å². The Morgan fingerprint density at radius 3 is 2.69 bits per heavy atom. The third kappa shape index (κ3) is 4.65. The highest BCUT2D eigenvalue weighted by molar-refractivity contribution is 7.07. The average Bonchev–Trinajstić information content (AvgIpc) is 3.56. The lowest BCUT2D eigenvalue weighted by atomic mass is 9.91. The number of nitro groups is 1. The SMILES string of the molecule is CCOC(=O)C1=C(C)N=c2s/c(=C\c3ccc(-c4ccc(C)cc4[N+](=O)[O-])o3)c(=O)n2[C@@H]1c1cccc2ccccc12. The van der Waals surface area contributed by atoms with Crippen LogP contribution in [0.2, 0.25) is 0 Å². The number of thiazole rings is 1. The third-order valence-corrected chi connectivity index (χ3v) is 8.13. The highest BCUT2D eigenvalue weighted by atomic mass is 32.1. The molecule has 3 heterocycles. The first-order chi connectivity index (χ1) is 20.3. The molecule has 0 radical (unpaired) electrons. The Morgan fingerprint density at radius 2 is 1.90 bits per heavy atom. The number of nitrogens with zero attached hydrogens (tertiary/aromatic N) is 3. The Kier molecular flexibility index (Phi) is 6.91. The van der Waals surface area contributed by atoms with Gasteiger partial charge in [-0.05, 0) is 60.9 Å². The van der Waals surface area contributed by atoms with E-state index in [4.69, 9.17) is 9.15 Å². The smallest absolute Gasteiger partial charge is 0.338 e. The molecular formula is C32H25N3O6S. The largest absolute Gasteiger partial charge is 0.463 e. The van der Waals surface area contributed by atoms with Crippen molar-refractivity contribution in [1.82, 2.24) is 4.57 Å². The lowest BCUT2D eigenvalue weighted by Gasteiger charge is -2.25. The van der Waals surface area contributed by atoms with Crippen molar-refractivity contribution in [3.05, 3.63) is 131 Å². The van der Waals surface area contributed by atoms with Crippen LogP contribution >= 0.6 is 11.3 Å². The molecule has 1 aliphatic heterocycles. The summed E-state index contributed by atoms with van der Waals surface area (Å²) < 4.78 is 13.2. The highest BCUT2D eigenvalue weighted by Crippen LogP contribution is 2.35. The second-order valence-corrected chi connectivity index (χ2v) is 10.9. The van der Waals surface area contributed by atoms with E-state index in [0.717, 1.165) is 21.9 Å². The van der Waals surface area contributed by atoms with E-state index in [1.54, 1.807) is 51.1 Å². The number of carbonyl (C=O) groups excluding carboxylic acids is 1. The molecule has 0 amide bonds. The topological polar surface area (TPSA) is 117 Å². The van der Waals surface area contributed by atoms with E-state index in [-0.39, 0.29) is 17.9 Å². The van der Waals surface area contributed by atoms with Crippen molar-refractivity contribution >= 4 is 39.8 Å². The van der Waals surface area contributed by atoms with E-state index in [1.165, 1.54) is 22.0 Å². The molecular weight excluding hydrogens is 554 g/mol. The Morgan fingerprint density at radius 1 is 1.12 bits per heavy atom. The van der Waals surface area contributed by atoms with Crippen molar-refractivity contribution in [3.8, 4) is 11.3 Å². The van der Waals surface area contributed by atoms with Gasteiger partial charge in [0.15, 0.2) is 4.80 Å². The lowest BCUT2D eigenvalue weighted by Crippen LogP contribution is -2.40.